The second-order valence-corrected chi connectivity index (χ2v) is 8.97. The summed E-state index contributed by atoms with van der Waals surface area (Å²) in [4.78, 5) is 12.6. The van der Waals surface area contributed by atoms with Crippen molar-refractivity contribution in [1.82, 2.24) is 0 Å². The van der Waals surface area contributed by atoms with Gasteiger partial charge in [0.2, 0.25) is 0 Å². The molecule has 0 unspecified atom stereocenters. The molecule has 0 bridgehead atoms. The zero-order chi connectivity index (χ0) is 19.7. The Bertz CT molecular complexity index is 997. The number of amides is 1. The van der Waals surface area contributed by atoms with E-state index < -0.39 is 27.0 Å². The highest BCUT2D eigenvalue weighted by atomic mass is 32.2. The highest BCUT2D eigenvalue weighted by molar-refractivity contribution is 7.91. The number of rotatable bonds is 6. The van der Waals surface area contributed by atoms with Crippen LogP contribution in [0.1, 0.15) is 22.8 Å². The summed E-state index contributed by atoms with van der Waals surface area (Å²) in [6.07, 6.45) is 1.35. The number of carbonyl (C=O) groups is 1. The quantitative estimate of drug-likeness (QED) is 0.820. The van der Waals surface area contributed by atoms with Gasteiger partial charge in [-0.15, -0.1) is 0 Å². The van der Waals surface area contributed by atoms with Gasteiger partial charge in [-0.05, 0) is 36.4 Å². The summed E-state index contributed by atoms with van der Waals surface area (Å²) in [6.45, 7) is 6.19. The van der Waals surface area contributed by atoms with Crippen LogP contribution in [0.25, 0.3) is 6.08 Å². The maximum Gasteiger partial charge on any atom is 0.255 e. The average molecular weight is 389 g/mol. The fourth-order valence-electron chi connectivity index (χ4n) is 2.89. The fourth-order valence-corrected chi connectivity index (χ4v) is 4.73. The van der Waals surface area contributed by atoms with E-state index in [0.29, 0.717) is 18.9 Å². The molecular weight excluding hydrogens is 369 g/mol. The molecule has 1 N–H and O–H groups in total. The van der Waals surface area contributed by atoms with Crippen LogP contribution in [0.5, 0.6) is 0 Å². The standard InChI is InChI=1S/C20H20FNO4S/c1-3-14-9-16(7-8-18(14)21)22-19(23)15-5-4-6-17(10-15)27(24,25)13-20(2)11-26-12-20/h3-10H,1,11-13H2,2H3,(H,22,23). The van der Waals surface area contributed by atoms with Crippen molar-refractivity contribution in [3.05, 3.63) is 66.0 Å². The number of nitrogens with one attached hydrogen (secondary N) is 1. The van der Waals surface area contributed by atoms with E-state index in [1.807, 2.05) is 6.92 Å². The number of anilines is 1. The van der Waals surface area contributed by atoms with Gasteiger partial charge in [-0.25, -0.2) is 12.8 Å². The number of hydrogen-bond acceptors (Lipinski definition) is 4. The highest BCUT2D eigenvalue weighted by Crippen LogP contribution is 2.31. The van der Waals surface area contributed by atoms with E-state index in [1.165, 1.54) is 48.5 Å². The van der Waals surface area contributed by atoms with Gasteiger partial charge < -0.3 is 10.1 Å². The monoisotopic (exact) mass is 389 g/mol. The first kappa shape index (κ1) is 19.3. The van der Waals surface area contributed by atoms with Gasteiger partial charge in [0, 0.05) is 22.2 Å². The minimum atomic E-state index is -3.55. The van der Waals surface area contributed by atoms with E-state index in [2.05, 4.69) is 11.9 Å². The minimum Gasteiger partial charge on any atom is -0.380 e. The Hall–Kier alpha value is -2.51. The van der Waals surface area contributed by atoms with Crippen LogP contribution in [0.4, 0.5) is 10.1 Å². The third-order valence-electron chi connectivity index (χ3n) is 4.37. The molecule has 7 heteroatoms. The van der Waals surface area contributed by atoms with Crippen LogP contribution in [0.3, 0.4) is 0 Å². The highest BCUT2D eigenvalue weighted by Gasteiger charge is 2.38. The number of benzene rings is 2. The van der Waals surface area contributed by atoms with Crippen LogP contribution in [0.15, 0.2) is 53.9 Å². The molecule has 0 spiro atoms. The minimum absolute atomic E-state index is 0.0360. The molecule has 0 aliphatic carbocycles. The molecule has 1 heterocycles. The lowest BCUT2D eigenvalue weighted by molar-refractivity contribution is -0.0870. The van der Waals surface area contributed by atoms with Gasteiger partial charge in [-0.2, -0.15) is 0 Å². The summed E-state index contributed by atoms with van der Waals surface area (Å²) in [5.41, 5.74) is 0.464. The molecular formula is C20H20FNO4S. The number of sulfone groups is 1. The van der Waals surface area contributed by atoms with E-state index in [9.17, 15) is 17.6 Å². The smallest absolute Gasteiger partial charge is 0.255 e. The van der Waals surface area contributed by atoms with E-state index in [-0.39, 0.29) is 21.8 Å². The maximum absolute atomic E-state index is 13.5. The third kappa shape index (κ3) is 4.26. The first-order valence-electron chi connectivity index (χ1n) is 8.36. The normalized spacial score (nSPS) is 15.6. The van der Waals surface area contributed by atoms with Crippen molar-refractivity contribution in [3.8, 4) is 0 Å². The zero-order valence-electron chi connectivity index (χ0n) is 14.9. The van der Waals surface area contributed by atoms with Crippen molar-refractivity contribution < 1.29 is 22.3 Å². The van der Waals surface area contributed by atoms with Crippen molar-refractivity contribution in [2.75, 3.05) is 24.3 Å². The first-order chi connectivity index (χ1) is 12.7. The summed E-state index contributed by atoms with van der Waals surface area (Å²) < 4.78 is 43.9. The summed E-state index contributed by atoms with van der Waals surface area (Å²) in [6, 6.07) is 10.0. The summed E-state index contributed by atoms with van der Waals surface area (Å²) >= 11 is 0. The van der Waals surface area contributed by atoms with Gasteiger partial charge in [0.05, 0.1) is 23.9 Å². The Morgan fingerprint density at radius 2 is 2.04 bits per heavy atom. The van der Waals surface area contributed by atoms with Crippen LogP contribution in [-0.4, -0.2) is 33.3 Å². The Morgan fingerprint density at radius 3 is 2.67 bits per heavy atom. The molecule has 0 radical (unpaired) electrons. The molecule has 2 aromatic rings. The molecule has 0 aromatic heterocycles. The van der Waals surface area contributed by atoms with E-state index in [1.54, 1.807) is 0 Å². The molecule has 1 amide bonds. The van der Waals surface area contributed by atoms with Crippen LogP contribution in [-0.2, 0) is 14.6 Å². The van der Waals surface area contributed by atoms with Gasteiger partial charge in [0.25, 0.3) is 5.91 Å². The van der Waals surface area contributed by atoms with Gasteiger partial charge in [-0.3, -0.25) is 4.79 Å². The van der Waals surface area contributed by atoms with Gasteiger partial charge in [-0.1, -0.05) is 25.6 Å². The molecule has 1 fully saturated rings. The van der Waals surface area contributed by atoms with Crippen LogP contribution < -0.4 is 5.32 Å². The van der Waals surface area contributed by atoms with Gasteiger partial charge in [0.1, 0.15) is 5.82 Å². The lowest BCUT2D eigenvalue weighted by atomic mass is 9.92. The Morgan fingerprint density at radius 1 is 1.30 bits per heavy atom. The van der Waals surface area contributed by atoms with E-state index in [0.717, 1.165) is 0 Å². The molecule has 142 valence electrons. The molecule has 0 saturated carbocycles. The molecule has 0 atom stereocenters. The summed E-state index contributed by atoms with van der Waals surface area (Å²) in [7, 11) is -3.55. The number of hydrogen-bond donors (Lipinski definition) is 1. The van der Waals surface area contributed by atoms with Crippen LogP contribution in [0, 0.1) is 11.2 Å². The molecule has 5 nitrogen and oxygen atoms in total. The SMILES string of the molecule is C=Cc1cc(NC(=O)c2cccc(S(=O)(=O)CC3(C)COC3)c2)ccc1F. The molecule has 1 saturated heterocycles. The average Bonchev–Trinajstić information content (AvgIpc) is 2.61. The zero-order valence-corrected chi connectivity index (χ0v) is 15.7. The van der Waals surface area contributed by atoms with Crippen molar-refractivity contribution in [2.24, 2.45) is 5.41 Å². The van der Waals surface area contributed by atoms with Crippen molar-refractivity contribution in [3.63, 3.8) is 0 Å². The summed E-state index contributed by atoms with van der Waals surface area (Å²) in [5.74, 6) is -0.956. The Kier molecular flexibility index (Phi) is 5.17. The van der Waals surface area contributed by atoms with E-state index >= 15 is 0 Å². The predicted molar refractivity (Wildman–Crippen MR) is 102 cm³/mol. The largest absolute Gasteiger partial charge is 0.380 e. The Balaban J connectivity index is 1.80. The topological polar surface area (TPSA) is 72.5 Å². The molecule has 1 aliphatic rings. The lowest BCUT2D eigenvalue weighted by Gasteiger charge is -2.37. The molecule has 2 aromatic carbocycles. The number of carbonyl (C=O) groups excluding carboxylic acids is 1. The number of halogens is 1. The van der Waals surface area contributed by atoms with Gasteiger partial charge >= 0.3 is 0 Å². The van der Waals surface area contributed by atoms with E-state index in [4.69, 9.17) is 4.74 Å². The summed E-state index contributed by atoms with van der Waals surface area (Å²) in [5, 5.41) is 2.64. The van der Waals surface area contributed by atoms with Crippen molar-refractivity contribution >= 4 is 27.5 Å². The van der Waals surface area contributed by atoms with Crippen molar-refractivity contribution in [1.29, 1.82) is 0 Å². The molecule has 27 heavy (non-hydrogen) atoms. The second-order valence-electron chi connectivity index (χ2n) is 6.98. The maximum atomic E-state index is 13.5. The van der Waals surface area contributed by atoms with Gasteiger partial charge in [0.15, 0.2) is 9.84 Å². The molecule has 3 rings (SSSR count). The fraction of sp³-hybridized carbons (Fsp3) is 0.250. The van der Waals surface area contributed by atoms with Crippen molar-refractivity contribution in [2.45, 2.75) is 11.8 Å². The third-order valence-corrected chi connectivity index (χ3v) is 6.42. The molecule has 1 aliphatic heterocycles. The van der Waals surface area contributed by atoms with Crippen LogP contribution in [0.2, 0.25) is 0 Å². The Labute approximate surface area is 157 Å². The second kappa shape index (κ2) is 7.25. The predicted octanol–water partition coefficient (Wildman–Crippen LogP) is 3.53. The number of ether oxygens (including phenoxy) is 1. The lowest BCUT2D eigenvalue weighted by Crippen LogP contribution is -2.45. The van der Waals surface area contributed by atoms with Crippen LogP contribution >= 0.6 is 0 Å². The first-order valence-corrected chi connectivity index (χ1v) is 10.0.